The molecule has 0 saturated heterocycles. The molecular formula is C8H16NO4. The SMILES string of the molecule is COCCOCOCCN(C)[C]=O. The number of methoxy groups -OCH3 is 1. The number of ether oxygens (including phenoxy) is 3. The summed E-state index contributed by atoms with van der Waals surface area (Å²) in [6.45, 7) is 2.30. The molecule has 0 aliphatic rings. The molecule has 1 amide bonds. The Kier molecular flexibility index (Phi) is 8.97. The molecule has 0 spiro atoms. The number of rotatable bonds is 9. The van der Waals surface area contributed by atoms with E-state index in [0.29, 0.717) is 26.4 Å². The summed E-state index contributed by atoms with van der Waals surface area (Å²) in [6, 6.07) is 0. The van der Waals surface area contributed by atoms with Crippen LogP contribution in [-0.2, 0) is 19.0 Å². The molecule has 0 unspecified atom stereocenters. The van der Waals surface area contributed by atoms with E-state index in [9.17, 15) is 4.79 Å². The van der Waals surface area contributed by atoms with Crippen molar-refractivity contribution >= 4 is 6.41 Å². The van der Waals surface area contributed by atoms with E-state index >= 15 is 0 Å². The lowest BCUT2D eigenvalue weighted by molar-refractivity contribution is -0.0667. The second-order valence-electron chi connectivity index (χ2n) is 2.44. The van der Waals surface area contributed by atoms with Crippen molar-refractivity contribution in [2.75, 3.05) is 47.3 Å². The van der Waals surface area contributed by atoms with E-state index in [-0.39, 0.29) is 6.79 Å². The maximum atomic E-state index is 10.0. The van der Waals surface area contributed by atoms with Crippen LogP contribution in [-0.4, -0.2) is 58.6 Å². The molecule has 0 N–H and O–H groups in total. The number of hydrogen-bond donors (Lipinski definition) is 0. The number of carbonyl (C=O) groups excluding carboxylic acids is 1. The normalized spacial score (nSPS) is 10.0. The molecule has 0 rings (SSSR count). The summed E-state index contributed by atoms with van der Waals surface area (Å²) in [4.78, 5) is 11.4. The number of amides is 1. The van der Waals surface area contributed by atoms with Crippen LogP contribution in [0.2, 0.25) is 0 Å². The molecule has 0 heterocycles. The van der Waals surface area contributed by atoms with Gasteiger partial charge in [0.25, 0.3) is 0 Å². The van der Waals surface area contributed by atoms with E-state index in [1.54, 1.807) is 20.6 Å². The van der Waals surface area contributed by atoms with Gasteiger partial charge in [0.05, 0.1) is 19.8 Å². The minimum absolute atomic E-state index is 0.232. The summed E-state index contributed by atoms with van der Waals surface area (Å²) in [5, 5.41) is 0. The fraction of sp³-hybridized carbons (Fsp3) is 0.875. The summed E-state index contributed by atoms with van der Waals surface area (Å²) in [5.41, 5.74) is 0. The first-order chi connectivity index (χ1) is 6.31. The van der Waals surface area contributed by atoms with E-state index in [2.05, 4.69) is 0 Å². The molecule has 0 aromatic carbocycles. The van der Waals surface area contributed by atoms with Gasteiger partial charge < -0.3 is 19.1 Å². The lowest BCUT2D eigenvalue weighted by Crippen LogP contribution is -2.21. The third kappa shape index (κ3) is 9.26. The number of likely N-dealkylation sites (N-methyl/N-ethyl adjacent to an activating group) is 1. The molecule has 13 heavy (non-hydrogen) atoms. The molecule has 1 radical (unpaired) electrons. The predicted octanol–water partition coefficient (Wildman–Crippen LogP) is -0.377. The van der Waals surface area contributed by atoms with Gasteiger partial charge in [-0.25, -0.2) is 0 Å². The molecule has 5 nitrogen and oxygen atoms in total. The van der Waals surface area contributed by atoms with Crippen LogP contribution >= 0.6 is 0 Å². The average molecular weight is 190 g/mol. The molecule has 0 atom stereocenters. The Morgan fingerprint density at radius 1 is 1.23 bits per heavy atom. The number of hydrogen-bond acceptors (Lipinski definition) is 4. The fourth-order valence-electron chi connectivity index (χ4n) is 0.566. The second-order valence-corrected chi connectivity index (χ2v) is 2.44. The molecule has 0 aromatic rings. The van der Waals surface area contributed by atoms with Crippen molar-refractivity contribution in [3.8, 4) is 0 Å². The van der Waals surface area contributed by atoms with Gasteiger partial charge in [0.2, 0.25) is 0 Å². The Balaban J connectivity index is 2.95. The van der Waals surface area contributed by atoms with Crippen molar-refractivity contribution < 1.29 is 19.0 Å². The zero-order chi connectivity index (χ0) is 9.94. The Labute approximate surface area is 78.6 Å². The minimum atomic E-state index is 0.232. The standard InChI is InChI=1S/C8H16NO4/c1-9(7-10)3-4-12-8-13-6-5-11-2/h3-6,8H2,1-2H3. The van der Waals surface area contributed by atoms with Gasteiger partial charge >= 0.3 is 6.41 Å². The highest BCUT2D eigenvalue weighted by atomic mass is 16.7. The molecule has 77 valence electrons. The molecule has 0 aliphatic carbocycles. The van der Waals surface area contributed by atoms with Crippen molar-refractivity contribution in [3.05, 3.63) is 0 Å². The first kappa shape index (κ1) is 12.3. The quantitative estimate of drug-likeness (QED) is 0.282. The van der Waals surface area contributed by atoms with Crippen LogP contribution < -0.4 is 0 Å². The Bertz CT molecular complexity index is 121. The second kappa shape index (κ2) is 9.44. The van der Waals surface area contributed by atoms with Crippen LogP contribution in [0.1, 0.15) is 0 Å². The van der Waals surface area contributed by atoms with Crippen LogP contribution in [0.25, 0.3) is 0 Å². The van der Waals surface area contributed by atoms with Gasteiger partial charge in [0, 0.05) is 20.7 Å². The third-order valence-electron chi connectivity index (χ3n) is 1.33. The van der Waals surface area contributed by atoms with Crippen molar-refractivity contribution in [2.45, 2.75) is 0 Å². The summed E-state index contributed by atoms with van der Waals surface area (Å²) in [5.74, 6) is 0. The topological polar surface area (TPSA) is 48.0 Å². The highest BCUT2D eigenvalue weighted by molar-refractivity contribution is 5.47. The fourth-order valence-corrected chi connectivity index (χ4v) is 0.566. The van der Waals surface area contributed by atoms with Gasteiger partial charge in [0.1, 0.15) is 6.79 Å². The molecule has 0 aliphatic heterocycles. The predicted molar refractivity (Wildman–Crippen MR) is 47.0 cm³/mol. The van der Waals surface area contributed by atoms with Gasteiger partial charge in [-0.3, -0.25) is 4.79 Å². The maximum absolute atomic E-state index is 10.0. The van der Waals surface area contributed by atoms with Crippen LogP contribution in [0.4, 0.5) is 0 Å². The number of nitrogens with zero attached hydrogens (tertiary/aromatic N) is 1. The molecule has 0 bridgehead atoms. The van der Waals surface area contributed by atoms with E-state index in [1.165, 1.54) is 4.90 Å². The third-order valence-corrected chi connectivity index (χ3v) is 1.33. The Morgan fingerprint density at radius 2 is 1.92 bits per heavy atom. The van der Waals surface area contributed by atoms with Crippen LogP contribution in [0.5, 0.6) is 0 Å². The van der Waals surface area contributed by atoms with E-state index in [1.807, 2.05) is 0 Å². The Morgan fingerprint density at radius 3 is 2.54 bits per heavy atom. The molecular weight excluding hydrogens is 174 g/mol. The van der Waals surface area contributed by atoms with E-state index < -0.39 is 0 Å². The van der Waals surface area contributed by atoms with Crippen molar-refractivity contribution in [1.82, 2.24) is 4.90 Å². The van der Waals surface area contributed by atoms with Crippen molar-refractivity contribution in [2.24, 2.45) is 0 Å². The highest BCUT2D eigenvalue weighted by Crippen LogP contribution is 1.81. The smallest absolute Gasteiger partial charge is 0.311 e. The Hall–Kier alpha value is -0.650. The summed E-state index contributed by atoms with van der Waals surface area (Å²) >= 11 is 0. The lowest BCUT2D eigenvalue weighted by Gasteiger charge is -2.09. The molecule has 0 aromatic heterocycles. The van der Waals surface area contributed by atoms with Crippen molar-refractivity contribution in [3.63, 3.8) is 0 Å². The summed E-state index contributed by atoms with van der Waals surface area (Å²) in [6.07, 6.45) is 1.72. The van der Waals surface area contributed by atoms with Gasteiger partial charge in [-0.05, 0) is 0 Å². The molecule has 0 saturated carbocycles. The lowest BCUT2D eigenvalue weighted by atomic mass is 10.6. The summed E-state index contributed by atoms with van der Waals surface area (Å²) in [7, 11) is 3.25. The molecule has 0 fully saturated rings. The zero-order valence-corrected chi connectivity index (χ0v) is 8.12. The highest BCUT2D eigenvalue weighted by Gasteiger charge is 1.94. The van der Waals surface area contributed by atoms with Crippen LogP contribution in [0.15, 0.2) is 0 Å². The van der Waals surface area contributed by atoms with Gasteiger partial charge in [-0.2, -0.15) is 0 Å². The first-order valence-corrected chi connectivity index (χ1v) is 4.04. The zero-order valence-electron chi connectivity index (χ0n) is 8.12. The van der Waals surface area contributed by atoms with Gasteiger partial charge in [-0.1, -0.05) is 0 Å². The molecule has 5 heteroatoms. The maximum Gasteiger partial charge on any atom is 0.311 e. The van der Waals surface area contributed by atoms with Crippen molar-refractivity contribution in [1.29, 1.82) is 0 Å². The van der Waals surface area contributed by atoms with Crippen LogP contribution in [0, 0.1) is 0 Å². The average Bonchev–Trinajstić information content (AvgIpc) is 2.16. The largest absolute Gasteiger partial charge is 0.382 e. The first-order valence-electron chi connectivity index (χ1n) is 4.04. The van der Waals surface area contributed by atoms with E-state index in [4.69, 9.17) is 14.2 Å². The minimum Gasteiger partial charge on any atom is -0.382 e. The van der Waals surface area contributed by atoms with Crippen LogP contribution in [0.3, 0.4) is 0 Å². The van der Waals surface area contributed by atoms with Gasteiger partial charge in [0.15, 0.2) is 0 Å². The van der Waals surface area contributed by atoms with Gasteiger partial charge in [-0.15, -0.1) is 0 Å². The summed E-state index contributed by atoms with van der Waals surface area (Å²) < 4.78 is 14.8. The van der Waals surface area contributed by atoms with E-state index in [0.717, 1.165) is 0 Å². The monoisotopic (exact) mass is 190 g/mol.